The fourth-order valence-corrected chi connectivity index (χ4v) is 3.29. The van der Waals surface area contributed by atoms with Gasteiger partial charge in [0.15, 0.2) is 12.6 Å². The first-order valence-electron chi connectivity index (χ1n) is 8.79. The molecule has 6 heteroatoms. The zero-order valence-electron chi connectivity index (χ0n) is 14.3. The van der Waals surface area contributed by atoms with Crippen LogP contribution in [0.25, 0.3) is 0 Å². The van der Waals surface area contributed by atoms with Crippen molar-refractivity contribution in [1.82, 2.24) is 0 Å². The number of fused-ring (bicyclic) bond motifs is 1. The molecule has 138 valence electrons. The van der Waals surface area contributed by atoms with Crippen LogP contribution in [0, 0.1) is 0 Å². The summed E-state index contributed by atoms with van der Waals surface area (Å²) in [6.07, 6.45) is -3.13. The van der Waals surface area contributed by atoms with Gasteiger partial charge in [0.1, 0.15) is 18.3 Å². The van der Waals surface area contributed by atoms with E-state index in [-0.39, 0.29) is 0 Å². The van der Waals surface area contributed by atoms with Gasteiger partial charge < -0.3 is 29.8 Å². The summed E-state index contributed by atoms with van der Waals surface area (Å²) in [6.45, 7) is 0.664. The summed E-state index contributed by atoms with van der Waals surface area (Å²) < 4.78 is 23.4. The summed E-state index contributed by atoms with van der Waals surface area (Å²) in [5.74, 6) is 0. The Bertz CT molecular complexity index is 696. The van der Waals surface area contributed by atoms with Crippen LogP contribution in [0.2, 0.25) is 0 Å². The van der Waals surface area contributed by atoms with Crippen molar-refractivity contribution in [3.63, 3.8) is 0 Å². The molecule has 0 unspecified atom stereocenters. The highest BCUT2D eigenvalue weighted by molar-refractivity contribution is 5.17. The molecule has 3 N–H and O–H groups in total. The van der Waals surface area contributed by atoms with Crippen molar-refractivity contribution in [1.29, 1.82) is 0 Å². The Morgan fingerprint density at radius 3 is 2.42 bits per heavy atom. The highest BCUT2D eigenvalue weighted by Gasteiger charge is 2.48. The maximum atomic E-state index is 10.6. The van der Waals surface area contributed by atoms with Gasteiger partial charge in [-0.3, -0.25) is 0 Å². The molecule has 6 atom stereocenters. The van der Waals surface area contributed by atoms with Gasteiger partial charge in [0.2, 0.25) is 0 Å². The summed E-state index contributed by atoms with van der Waals surface area (Å²) in [6, 6.07) is 18.7. The van der Waals surface area contributed by atoms with E-state index in [4.69, 9.17) is 24.7 Å². The zero-order valence-corrected chi connectivity index (χ0v) is 14.3. The maximum Gasteiger partial charge on any atom is 0.184 e. The summed E-state index contributed by atoms with van der Waals surface area (Å²) in [5, 5.41) is 10.6. The first-order valence-corrected chi connectivity index (χ1v) is 8.79. The van der Waals surface area contributed by atoms with Crippen molar-refractivity contribution in [3.8, 4) is 0 Å². The van der Waals surface area contributed by atoms with Crippen LogP contribution in [0.15, 0.2) is 60.7 Å². The molecule has 2 fully saturated rings. The van der Waals surface area contributed by atoms with Gasteiger partial charge in [0.25, 0.3) is 0 Å². The Hall–Kier alpha value is -1.80. The van der Waals surface area contributed by atoms with Crippen LogP contribution in [0.3, 0.4) is 0 Å². The third-order valence-electron chi connectivity index (χ3n) is 4.74. The standard InChI is InChI=1S/C20H23NO5/c21-16-17(22)18-15(12-24-19(26-18)14-9-5-2-6-10-14)25-20(16)23-11-13-7-3-1-4-8-13/h1-10,15-20,22H,11-12,21H2/t15-,16+,17-,18-,19-,20+/m0/s1. The Morgan fingerprint density at radius 1 is 1.00 bits per heavy atom. The highest BCUT2D eigenvalue weighted by Crippen LogP contribution is 2.33. The smallest absolute Gasteiger partial charge is 0.184 e. The fourth-order valence-electron chi connectivity index (χ4n) is 3.29. The average Bonchev–Trinajstić information content (AvgIpc) is 2.71. The van der Waals surface area contributed by atoms with Gasteiger partial charge in [-0.2, -0.15) is 0 Å². The summed E-state index contributed by atoms with van der Waals surface area (Å²) in [7, 11) is 0. The number of hydrogen-bond donors (Lipinski definition) is 2. The van der Waals surface area contributed by atoms with E-state index < -0.39 is 36.9 Å². The topological polar surface area (TPSA) is 83.2 Å². The number of aliphatic hydroxyl groups excluding tert-OH is 1. The Labute approximate surface area is 152 Å². The van der Waals surface area contributed by atoms with E-state index in [9.17, 15) is 5.11 Å². The van der Waals surface area contributed by atoms with Crippen molar-refractivity contribution in [2.45, 2.75) is 43.5 Å². The third kappa shape index (κ3) is 3.66. The third-order valence-corrected chi connectivity index (χ3v) is 4.74. The van der Waals surface area contributed by atoms with Crippen molar-refractivity contribution in [2.75, 3.05) is 6.61 Å². The van der Waals surface area contributed by atoms with Gasteiger partial charge in [-0.1, -0.05) is 60.7 Å². The lowest BCUT2D eigenvalue weighted by Crippen LogP contribution is -2.64. The van der Waals surface area contributed by atoms with E-state index in [1.165, 1.54) is 0 Å². The lowest BCUT2D eigenvalue weighted by Gasteiger charge is -2.46. The van der Waals surface area contributed by atoms with Crippen molar-refractivity contribution in [3.05, 3.63) is 71.8 Å². The van der Waals surface area contributed by atoms with Crippen LogP contribution in [0.1, 0.15) is 17.4 Å². The molecule has 2 aliphatic heterocycles. The molecule has 0 aliphatic carbocycles. The minimum Gasteiger partial charge on any atom is -0.388 e. The van der Waals surface area contributed by atoms with Crippen molar-refractivity contribution < 1.29 is 24.1 Å². The van der Waals surface area contributed by atoms with E-state index in [1.54, 1.807) is 0 Å². The molecule has 4 rings (SSSR count). The Balaban J connectivity index is 1.40. The number of aliphatic hydroxyl groups is 1. The van der Waals surface area contributed by atoms with E-state index >= 15 is 0 Å². The Morgan fingerprint density at radius 2 is 1.69 bits per heavy atom. The van der Waals surface area contributed by atoms with E-state index in [1.807, 2.05) is 60.7 Å². The second-order valence-corrected chi connectivity index (χ2v) is 6.58. The SMILES string of the molecule is N[C@H]1[C@H](OCc2ccccc2)O[C@H]2CO[C@H](c3ccccc3)O[C@@H]2[C@H]1O. The molecule has 0 spiro atoms. The summed E-state index contributed by atoms with van der Waals surface area (Å²) >= 11 is 0. The number of ether oxygens (including phenoxy) is 4. The molecular weight excluding hydrogens is 334 g/mol. The molecule has 0 radical (unpaired) electrons. The average molecular weight is 357 g/mol. The zero-order chi connectivity index (χ0) is 17.9. The normalized spacial score (nSPS) is 34.2. The van der Waals surface area contributed by atoms with E-state index in [0.717, 1.165) is 11.1 Å². The Kier molecular flexibility index (Phi) is 5.31. The number of hydrogen-bond acceptors (Lipinski definition) is 6. The molecule has 2 saturated heterocycles. The first kappa shape index (κ1) is 17.6. The molecule has 0 saturated carbocycles. The van der Waals surface area contributed by atoms with Crippen LogP contribution in [-0.2, 0) is 25.6 Å². The number of benzene rings is 2. The molecule has 6 nitrogen and oxygen atoms in total. The van der Waals surface area contributed by atoms with Crippen LogP contribution in [0.4, 0.5) is 0 Å². The lowest BCUT2D eigenvalue weighted by atomic mass is 9.96. The molecule has 2 aromatic carbocycles. The molecular formula is C20H23NO5. The molecule has 2 aromatic rings. The summed E-state index contributed by atoms with van der Waals surface area (Å²) in [4.78, 5) is 0. The number of rotatable bonds is 4. The van der Waals surface area contributed by atoms with E-state index in [0.29, 0.717) is 13.2 Å². The van der Waals surface area contributed by atoms with Gasteiger partial charge in [-0.25, -0.2) is 0 Å². The second kappa shape index (κ2) is 7.84. The molecule has 0 amide bonds. The minimum atomic E-state index is -0.898. The molecule has 26 heavy (non-hydrogen) atoms. The van der Waals surface area contributed by atoms with Crippen LogP contribution >= 0.6 is 0 Å². The molecule has 0 bridgehead atoms. The quantitative estimate of drug-likeness (QED) is 0.867. The first-order chi connectivity index (χ1) is 12.7. The predicted molar refractivity (Wildman–Crippen MR) is 93.9 cm³/mol. The van der Waals surface area contributed by atoms with Gasteiger partial charge in [-0.15, -0.1) is 0 Å². The number of nitrogens with two attached hydrogens (primary N) is 1. The van der Waals surface area contributed by atoms with Crippen molar-refractivity contribution >= 4 is 0 Å². The highest BCUT2D eigenvalue weighted by atomic mass is 16.7. The minimum absolute atomic E-state index is 0.305. The maximum absolute atomic E-state index is 10.6. The van der Waals surface area contributed by atoms with Gasteiger partial charge >= 0.3 is 0 Å². The van der Waals surface area contributed by atoms with Crippen molar-refractivity contribution in [2.24, 2.45) is 5.73 Å². The molecule has 2 aliphatic rings. The second-order valence-electron chi connectivity index (χ2n) is 6.58. The van der Waals surface area contributed by atoms with Gasteiger partial charge in [0.05, 0.1) is 19.3 Å². The van der Waals surface area contributed by atoms with Crippen LogP contribution in [-0.4, -0.2) is 42.4 Å². The van der Waals surface area contributed by atoms with E-state index in [2.05, 4.69) is 0 Å². The monoisotopic (exact) mass is 357 g/mol. The predicted octanol–water partition coefficient (Wildman–Crippen LogP) is 1.73. The summed E-state index contributed by atoms with van der Waals surface area (Å²) in [5.41, 5.74) is 8.07. The van der Waals surface area contributed by atoms with Gasteiger partial charge in [0, 0.05) is 5.56 Å². The molecule has 2 heterocycles. The lowest BCUT2D eigenvalue weighted by molar-refractivity contribution is -0.343. The molecule has 0 aromatic heterocycles. The van der Waals surface area contributed by atoms with Crippen LogP contribution < -0.4 is 5.73 Å². The fraction of sp³-hybridized carbons (Fsp3) is 0.400. The largest absolute Gasteiger partial charge is 0.388 e. The van der Waals surface area contributed by atoms with Gasteiger partial charge in [-0.05, 0) is 5.56 Å². The van der Waals surface area contributed by atoms with Crippen LogP contribution in [0.5, 0.6) is 0 Å².